The number of carbonyl (C=O) groups is 2. The summed E-state index contributed by atoms with van der Waals surface area (Å²) in [5.74, 6) is -40.0. The molecule has 0 bridgehead atoms. The summed E-state index contributed by atoms with van der Waals surface area (Å²) in [6, 6.07) is -1.73. The summed E-state index contributed by atoms with van der Waals surface area (Å²) < 4.78 is 175. The number of alkyl carbamates (subject to hydrolysis) is 1. The van der Waals surface area contributed by atoms with Gasteiger partial charge in [0.15, 0.2) is 5.78 Å². The number of nitrogens with one attached hydrogen (secondary N) is 1. The molecule has 0 spiro atoms. The lowest BCUT2D eigenvalue weighted by Crippen LogP contribution is -2.70. The Labute approximate surface area is 190 Å². The van der Waals surface area contributed by atoms with Crippen molar-refractivity contribution in [2.75, 3.05) is 0 Å². The predicted octanol–water partition coefficient (Wildman–Crippen LogP) is 6.62. The molecule has 0 saturated carbocycles. The molecule has 0 unspecified atom stereocenters. The van der Waals surface area contributed by atoms with Crippen molar-refractivity contribution >= 4 is 11.9 Å². The zero-order valence-electron chi connectivity index (χ0n) is 18.7. The minimum absolute atomic E-state index is 0.930. The molecule has 0 aliphatic carbocycles. The number of alkyl halides is 13. The van der Waals surface area contributed by atoms with Gasteiger partial charge in [-0.15, -0.1) is 0 Å². The molecule has 35 heavy (non-hydrogen) atoms. The molecule has 0 aliphatic heterocycles. The highest BCUT2D eigenvalue weighted by molar-refractivity contribution is 5.87. The highest BCUT2D eigenvalue weighted by atomic mass is 19.4. The number of rotatable bonds is 10. The standard InChI is InChI=1S/C18H22F13NO3/c1-8(2)10(32-11(34)35-12(3,4)5)9(33)6-7-13(19,20)14(21,22)15(23,24)16(25,26)17(27,28)18(29,30)31/h8,10H,6-7H2,1-5H3,(H,32,34)/t10-/m0/s1. The van der Waals surface area contributed by atoms with Crippen LogP contribution in [-0.4, -0.2) is 59.3 Å². The van der Waals surface area contributed by atoms with E-state index >= 15 is 0 Å². The van der Waals surface area contributed by atoms with Crippen molar-refractivity contribution in [3.63, 3.8) is 0 Å². The van der Waals surface area contributed by atoms with E-state index in [9.17, 15) is 66.7 Å². The number of ketones is 1. The van der Waals surface area contributed by atoms with Crippen LogP contribution >= 0.6 is 0 Å². The number of amides is 1. The second-order valence-corrected chi connectivity index (χ2v) is 8.83. The Hall–Kier alpha value is -1.97. The Bertz CT molecular complexity index is 771. The summed E-state index contributed by atoms with van der Waals surface area (Å²) in [4.78, 5) is 23.9. The lowest BCUT2D eigenvalue weighted by molar-refractivity contribution is -0.440. The molecule has 4 nitrogen and oxygen atoms in total. The van der Waals surface area contributed by atoms with Gasteiger partial charge in [-0.05, 0) is 26.7 Å². The SMILES string of the molecule is CC(C)[C@H](NC(=O)OC(C)(C)C)C(=O)CCC(F)(F)C(F)(F)C(F)(F)C(F)(F)C(F)(F)C(F)(F)F. The Kier molecular flexibility index (Phi) is 9.27. The average Bonchev–Trinajstić information content (AvgIpc) is 2.60. The molecule has 17 heteroatoms. The molecule has 1 N–H and O–H groups in total. The van der Waals surface area contributed by atoms with Crippen molar-refractivity contribution in [1.82, 2.24) is 5.32 Å². The number of halogens is 13. The molecule has 1 amide bonds. The molecule has 0 aromatic carbocycles. The Morgan fingerprint density at radius 3 is 1.46 bits per heavy atom. The number of hydrogen-bond acceptors (Lipinski definition) is 3. The Balaban J connectivity index is 5.86. The third kappa shape index (κ3) is 6.62. The summed E-state index contributed by atoms with van der Waals surface area (Å²) in [7, 11) is 0. The van der Waals surface area contributed by atoms with Crippen LogP contribution in [0.4, 0.5) is 61.9 Å². The van der Waals surface area contributed by atoms with Crippen LogP contribution in [0.25, 0.3) is 0 Å². The van der Waals surface area contributed by atoms with Gasteiger partial charge in [-0.1, -0.05) is 13.8 Å². The molecule has 0 aliphatic rings. The first-order valence-electron chi connectivity index (χ1n) is 9.55. The fourth-order valence-electron chi connectivity index (χ4n) is 2.45. The molecule has 0 radical (unpaired) electrons. The number of carbonyl (C=O) groups excluding carboxylic acids is 2. The number of Topliss-reactive ketones (excluding diaryl/α,β-unsaturated/α-hetero) is 1. The highest BCUT2D eigenvalue weighted by Crippen LogP contribution is 2.60. The van der Waals surface area contributed by atoms with Gasteiger partial charge in [0.05, 0.1) is 6.04 Å². The lowest BCUT2D eigenvalue weighted by atomic mass is 9.90. The van der Waals surface area contributed by atoms with Gasteiger partial charge in [0, 0.05) is 12.8 Å². The van der Waals surface area contributed by atoms with E-state index < -0.39 is 78.1 Å². The number of hydrogen-bond donors (Lipinski definition) is 1. The maximum Gasteiger partial charge on any atom is 0.460 e. The van der Waals surface area contributed by atoms with Gasteiger partial charge in [-0.25, -0.2) is 4.79 Å². The third-order valence-corrected chi connectivity index (χ3v) is 4.37. The molecule has 0 heterocycles. The smallest absolute Gasteiger partial charge is 0.444 e. The van der Waals surface area contributed by atoms with Gasteiger partial charge in [-0.3, -0.25) is 4.79 Å². The van der Waals surface area contributed by atoms with E-state index in [4.69, 9.17) is 4.74 Å². The van der Waals surface area contributed by atoms with Crippen molar-refractivity contribution in [3.8, 4) is 0 Å². The molecule has 0 aromatic heterocycles. The first kappa shape index (κ1) is 33.0. The van der Waals surface area contributed by atoms with Crippen LogP contribution in [0, 0.1) is 5.92 Å². The Morgan fingerprint density at radius 1 is 0.714 bits per heavy atom. The van der Waals surface area contributed by atoms with E-state index in [0.29, 0.717) is 0 Å². The quantitative estimate of drug-likeness (QED) is 0.313. The van der Waals surface area contributed by atoms with Gasteiger partial charge < -0.3 is 10.1 Å². The zero-order chi connectivity index (χ0) is 28.6. The average molecular weight is 547 g/mol. The van der Waals surface area contributed by atoms with Gasteiger partial charge in [0.1, 0.15) is 5.60 Å². The molecule has 208 valence electrons. The van der Waals surface area contributed by atoms with Crippen LogP contribution in [0.15, 0.2) is 0 Å². The second-order valence-electron chi connectivity index (χ2n) is 8.83. The fraction of sp³-hybridized carbons (Fsp3) is 0.889. The molecule has 0 rings (SSSR count). The number of ether oxygens (including phenoxy) is 1. The third-order valence-electron chi connectivity index (χ3n) is 4.37. The predicted molar refractivity (Wildman–Crippen MR) is 93.0 cm³/mol. The normalized spacial score (nSPS) is 15.7. The van der Waals surface area contributed by atoms with Crippen molar-refractivity contribution in [3.05, 3.63) is 0 Å². The van der Waals surface area contributed by atoms with Crippen LogP contribution < -0.4 is 5.32 Å². The van der Waals surface area contributed by atoms with E-state index in [2.05, 4.69) is 0 Å². The van der Waals surface area contributed by atoms with Crippen LogP contribution in [-0.2, 0) is 9.53 Å². The highest BCUT2D eigenvalue weighted by Gasteiger charge is 2.90. The summed E-state index contributed by atoms with van der Waals surface area (Å²) >= 11 is 0. The van der Waals surface area contributed by atoms with Crippen molar-refractivity contribution in [1.29, 1.82) is 0 Å². The minimum Gasteiger partial charge on any atom is -0.444 e. The first-order valence-corrected chi connectivity index (χ1v) is 9.55. The fourth-order valence-corrected chi connectivity index (χ4v) is 2.45. The van der Waals surface area contributed by atoms with Crippen LogP contribution in [0.5, 0.6) is 0 Å². The second kappa shape index (κ2) is 9.82. The molecule has 1 atom stereocenters. The van der Waals surface area contributed by atoms with E-state index in [-0.39, 0.29) is 0 Å². The minimum atomic E-state index is -8.01. The molecule has 0 saturated heterocycles. The van der Waals surface area contributed by atoms with Crippen LogP contribution in [0.2, 0.25) is 0 Å². The van der Waals surface area contributed by atoms with E-state index in [1.54, 1.807) is 0 Å². The Morgan fingerprint density at radius 2 is 1.11 bits per heavy atom. The van der Waals surface area contributed by atoms with Crippen molar-refractivity contribution < 1.29 is 71.4 Å². The van der Waals surface area contributed by atoms with Gasteiger partial charge in [0.25, 0.3) is 0 Å². The lowest BCUT2D eigenvalue weighted by Gasteiger charge is -2.39. The molecule has 0 fully saturated rings. The maximum atomic E-state index is 13.9. The van der Waals surface area contributed by atoms with E-state index in [1.165, 1.54) is 34.6 Å². The van der Waals surface area contributed by atoms with Gasteiger partial charge in [-0.2, -0.15) is 57.1 Å². The van der Waals surface area contributed by atoms with Crippen molar-refractivity contribution in [2.45, 2.75) is 94.9 Å². The monoisotopic (exact) mass is 547 g/mol. The first-order chi connectivity index (χ1) is 15.1. The summed E-state index contributed by atoms with van der Waals surface area (Å²) in [5.41, 5.74) is -1.11. The largest absolute Gasteiger partial charge is 0.460 e. The summed E-state index contributed by atoms with van der Waals surface area (Å²) in [6.45, 7) is 6.61. The van der Waals surface area contributed by atoms with E-state index in [0.717, 1.165) is 0 Å². The molecular weight excluding hydrogens is 525 g/mol. The zero-order valence-corrected chi connectivity index (χ0v) is 18.7. The molecular formula is C18H22F13NO3. The summed E-state index contributed by atoms with van der Waals surface area (Å²) in [6.07, 6.45) is -13.2. The van der Waals surface area contributed by atoms with Gasteiger partial charge in [0.2, 0.25) is 0 Å². The summed E-state index contributed by atoms with van der Waals surface area (Å²) in [5, 5.41) is 1.90. The topological polar surface area (TPSA) is 55.4 Å². The maximum absolute atomic E-state index is 13.9. The van der Waals surface area contributed by atoms with Crippen molar-refractivity contribution in [2.24, 2.45) is 5.92 Å². The van der Waals surface area contributed by atoms with Crippen LogP contribution in [0.3, 0.4) is 0 Å². The van der Waals surface area contributed by atoms with Crippen LogP contribution in [0.1, 0.15) is 47.5 Å². The molecule has 0 aromatic rings. The van der Waals surface area contributed by atoms with E-state index in [1.807, 2.05) is 5.32 Å². The van der Waals surface area contributed by atoms with Gasteiger partial charge >= 0.3 is 41.9 Å².